The standard InChI is InChI=1S/C17H13ClN2O3/c1-23-12-5-2-10(3-6-12)16(21)9-15-17(22)20-14-8-11(18)4-7-13(14)19-15/h2-9,19H,1H3,(H,20,22). The lowest BCUT2D eigenvalue weighted by Crippen LogP contribution is -2.26. The van der Waals surface area contributed by atoms with Crippen LogP contribution in [-0.2, 0) is 4.79 Å². The Balaban J connectivity index is 1.85. The van der Waals surface area contributed by atoms with E-state index in [9.17, 15) is 9.59 Å². The second kappa shape index (κ2) is 6.14. The lowest BCUT2D eigenvalue weighted by Gasteiger charge is -2.21. The lowest BCUT2D eigenvalue weighted by molar-refractivity contribution is -0.112. The molecule has 1 heterocycles. The van der Waals surface area contributed by atoms with Crippen molar-refractivity contribution in [3.8, 4) is 5.75 Å². The number of anilines is 2. The second-order valence-corrected chi connectivity index (χ2v) is 5.36. The third-order valence-electron chi connectivity index (χ3n) is 3.39. The number of hydrogen-bond donors (Lipinski definition) is 2. The molecule has 0 radical (unpaired) electrons. The van der Waals surface area contributed by atoms with Crippen molar-refractivity contribution in [2.45, 2.75) is 0 Å². The van der Waals surface area contributed by atoms with Crippen LogP contribution in [0.1, 0.15) is 10.4 Å². The summed E-state index contributed by atoms with van der Waals surface area (Å²) in [5, 5.41) is 6.16. The van der Waals surface area contributed by atoms with E-state index in [0.717, 1.165) is 0 Å². The van der Waals surface area contributed by atoms with Crippen LogP contribution >= 0.6 is 11.6 Å². The predicted octanol–water partition coefficient (Wildman–Crippen LogP) is 3.48. The number of carbonyl (C=O) groups excluding carboxylic acids is 2. The summed E-state index contributed by atoms with van der Waals surface area (Å²) in [4.78, 5) is 24.3. The summed E-state index contributed by atoms with van der Waals surface area (Å²) in [6.45, 7) is 0. The quantitative estimate of drug-likeness (QED) is 0.668. The Kier molecular flexibility index (Phi) is 4.04. The van der Waals surface area contributed by atoms with E-state index >= 15 is 0 Å². The van der Waals surface area contributed by atoms with Crippen molar-refractivity contribution in [3.05, 3.63) is 64.8 Å². The number of rotatable bonds is 3. The Morgan fingerprint density at radius 3 is 2.52 bits per heavy atom. The van der Waals surface area contributed by atoms with Crippen LogP contribution in [0.2, 0.25) is 5.02 Å². The van der Waals surface area contributed by atoms with Gasteiger partial charge in [-0.15, -0.1) is 0 Å². The van der Waals surface area contributed by atoms with Crippen LogP contribution in [0.15, 0.2) is 54.2 Å². The molecule has 0 unspecified atom stereocenters. The van der Waals surface area contributed by atoms with Gasteiger partial charge in [0.15, 0.2) is 5.78 Å². The molecule has 2 aromatic rings. The number of halogens is 1. The number of fused-ring (bicyclic) bond motifs is 1. The van der Waals surface area contributed by atoms with Gasteiger partial charge in [0.1, 0.15) is 11.4 Å². The molecule has 0 spiro atoms. The van der Waals surface area contributed by atoms with Gasteiger partial charge >= 0.3 is 0 Å². The van der Waals surface area contributed by atoms with Crippen molar-refractivity contribution >= 4 is 34.7 Å². The monoisotopic (exact) mass is 328 g/mol. The topological polar surface area (TPSA) is 67.4 Å². The minimum atomic E-state index is -0.387. The van der Waals surface area contributed by atoms with Gasteiger partial charge in [-0.2, -0.15) is 0 Å². The highest BCUT2D eigenvalue weighted by Crippen LogP contribution is 2.30. The summed E-state index contributed by atoms with van der Waals surface area (Å²) < 4.78 is 5.05. The highest BCUT2D eigenvalue weighted by molar-refractivity contribution is 6.31. The fourth-order valence-corrected chi connectivity index (χ4v) is 2.36. The Morgan fingerprint density at radius 2 is 1.83 bits per heavy atom. The van der Waals surface area contributed by atoms with Gasteiger partial charge in [-0.05, 0) is 42.5 Å². The SMILES string of the molecule is COc1ccc(C(=O)C=C2Nc3ccc(Cl)cc3NC2=O)cc1. The number of allylic oxidation sites excluding steroid dienone is 1. The molecule has 0 saturated heterocycles. The first-order valence-electron chi connectivity index (χ1n) is 6.85. The lowest BCUT2D eigenvalue weighted by atomic mass is 10.1. The van der Waals surface area contributed by atoms with Gasteiger partial charge in [0.2, 0.25) is 0 Å². The number of benzene rings is 2. The van der Waals surface area contributed by atoms with Crippen LogP contribution in [0.5, 0.6) is 5.75 Å². The molecule has 0 aromatic heterocycles. The molecule has 2 aromatic carbocycles. The average molecular weight is 329 g/mol. The number of methoxy groups -OCH3 is 1. The molecule has 5 nitrogen and oxygen atoms in total. The molecule has 0 bridgehead atoms. The fourth-order valence-electron chi connectivity index (χ4n) is 2.19. The third-order valence-corrected chi connectivity index (χ3v) is 3.63. The third kappa shape index (κ3) is 3.19. The minimum Gasteiger partial charge on any atom is -0.497 e. The first-order chi connectivity index (χ1) is 11.1. The number of ketones is 1. The highest BCUT2D eigenvalue weighted by Gasteiger charge is 2.20. The van der Waals surface area contributed by atoms with Gasteiger partial charge in [-0.3, -0.25) is 9.59 Å². The largest absolute Gasteiger partial charge is 0.497 e. The molecule has 6 heteroatoms. The maximum absolute atomic E-state index is 12.3. The van der Waals surface area contributed by atoms with Crippen molar-refractivity contribution < 1.29 is 14.3 Å². The molecule has 1 aliphatic rings. The smallest absolute Gasteiger partial charge is 0.272 e. The molecule has 0 saturated carbocycles. The summed E-state index contributed by atoms with van der Waals surface area (Å²) in [5.41, 5.74) is 1.91. The second-order valence-electron chi connectivity index (χ2n) is 4.92. The molecule has 23 heavy (non-hydrogen) atoms. The van der Waals surface area contributed by atoms with E-state index in [2.05, 4.69) is 10.6 Å². The van der Waals surface area contributed by atoms with E-state index < -0.39 is 0 Å². The van der Waals surface area contributed by atoms with Crippen LogP contribution in [0.3, 0.4) is 0 Å². The molecule has 3 rings (SSSR count). The number of nitrogens with one attached hydrogen (secondary N) is 2. The first kappa shape index (κ1) is 15.1. The number of carbonyl (C=O) groups is 2. The molecular formula is C17H13ClN2O3. The van der Waals surface area contributed by atoms with E-state index in [-0.39, 0.29) is 17.4 Å². The van der Waals surface area contributed by atoms with E-state index in [0.29, 0.717) is 27.7 Å². The Morgan fingerprint density at radius 1 is 1.09 bits per heavy atom. The van der Waals surface area contributed by atoms with Crippen LogP contribution in [0, 0.1) is 0 Å². The molecule has 1 aliphatic heterocycles. The molecule has 2 N–H and O–H groups in total. The summed E-state index contributed by atoms with van der Waals surface area (Å²) in [6, 6.07) is 11.8. The van der Waals surface area contributed by atoms with Crippen molar-refractivity contribution in [2.75, 3.05) is 17.7 Å². The van der Waals surface area contributed by atoms with Gasteiger partial charge in [0.25, 0.3) is 5.91 Å². The zero-order valence-corrected chi connectivity index (χ0v) is 13.0. The minimum absolute atomic E-state index is 0.181. The predicted molar refractivity (Wildman–Crippen MR) is 89.1 cm³/mol. The van der Waals surface area contributed by atoms with E-state index in [1.165, 1.54) is 6.08 Å². The van der Waals surface area contributed by atoms with Crippen LogP contribution < -0.4 is 15.4 Å². The van der Waals surface area contributed by atoms with E-state index in [4.69, 9.17) is 16.3 Å². The highest BCUT2D eigenvalue weighted by atomic mass is 35.5. The van der Waals surface area contributed by atoms with Crippen molar-refractivity contribution in [1.82, 2.24) is 0 Å². The fraction of sp³-hybridized carbons (Fsp3) is 0.0588. The molecule has 1 amide bonds. The van der Waals surface area contributed by atoms with Gasteiger partial charge in [-0.25, -0.2) is 0 Å². The maximum Gasteiger partial charge on any atom is 0.272 e. The number of ether oxygens (including phenoxy) is 1. The Hall–Kier alpha value is -2.79. The van der Waals surface area contributed by atoms with Crippen LogP contribution in [-0.4, -0.2) is 18.8 Å². The zero-order valence-electron chi connectivity index (χ0n) is 12.2. The molecular weight excluding hydrogens is 316 g/mol. The molecule has 0 atom stereocenters. The summed E-state index contributed by atoms with van der Waals surface area (Å²) in [5.74, 6) is -0.00196. The van der Waals surface area contributed by atoms with Gasteiger partial charge in [0.05, 0.1) is 18.5 Å². The molecule has 0 aliphatic carbocycles. The van der Waals surface area contributed by atoms with Gasteiger partial charge in [-0.1, -0.05) is 11.6 Å². The summed E-state index contributed by atoms with van der Waals surface area (Å²) in [6.07, 6.45) is 1.27. The van der Waals surface area contributed by atoms with Crippen molar-refractivity contribution in [2.24, 2.45) is 0 Å². The molecule has 116 valence electrons. The normalized spacial score (nSPS) is 14.7. The summed E-state index contributed by atoms with van der Waals surface area (Å²) in [7, 11) is 1.55. The van der Waals surface area contributed by atoms with Crippen LogP contribution in [0.4, 0.5) is 11.4 Å². The Labute approximate surface area is 137 Å². The number of hydrogen-bond acceptors (Lipinski definition) is 4. The van der Waals surface area contributed by atoms with E-state index in [1.54, 1.807) is 49.6 Å². The maximum atomic E-state index is 12.3. The van der Waals surface area contributed by atoms with Crippen molar-refractivity contribution in [1.29, 1.82) is 0 Å². The molecule has 0 fully saturated rings. The average Bonchev–Trinajstić information content (AvgIpc) is 2.55. The zero-order chi connectivity index (χ0) is 16.4. The van der Waals surface area contributed by atoms with Gasteiger partial charge < -0.3 is 15.4 Å². The van der Waals surface area contributed by atoms with E-state index in [1.807, 2.05) is 0 Å². The number of amides is 1. The van der Waals surface area contributed by atoms with Crippen molar-refractivity contribution in [3.63, 3.8) is 0 Å². The van der Waals surface area contributed by atoms with Crippen LogP contribution in [0.25, 0.3) is 0 Å². The Bertz CT molecular complexity index is 813. The van der Waals surface area contributed by atoms with Gasteiger partial charge in [0, 0.05) is 16.7 Å². The summed E-state index contributed by atoms with van der Waals surface area (Å²) >= 11 is 5.89. The first-order valence-corrected chi connectivity index (χ1v) is 7.22.